The van der Waals surface area contributed by atoms with E-state index < -0.39 is 0 Å². The van der Waals surface area contributed by atoms with Gasteiger partial charge in [0.15, 0.2) is 0 Å². The number of rotatable bonds is 1. The summed E-state index contributed by atoms with van der Waals surface area (Å²) in [5.74, 6) is 0. The van der Waals surface area contributed by atoms with Gasteiger partial charge in [0.2, 0.25) is 0 Å². The number of piperidine rings is 1. The molecule has 2 aliphatic heterocycles. The summed E-state index contributed by atoms with van der Waals surface area (Å²) in [6.45, 7) is 2.05. The Morgan fingerprint density at radius 2 is 2.06 bits per heavy atom. The largest absolute Gasteiger partial charge is 0.331 e. The molecule has 0 aromatic carbocycles. The normalized spacial score (nSPS) is 30.5. The van der Waals surface area contributed by atoms with Gasteiger partial charge in [-0.2, -0.15) is 0 Å². The molecule has 0 aliphatic carbocycles. The second-order valence-electron chi connectivity index (χ2n) is 5.14. The lowest BCUT2D eigenvalue weighted by atomic mass is 9.95. The lowest BCUT2D eigenvalue weighted by Crippen LogP contribution is -2.55. The molecule has 0 radical (unpaired) electrons. The molecule has 2 amide bonds. The number of hydrogen-bond donors (Lipinski definition) is 1. The Kier molecular flexibility index (Phi) is 3.69. The molecule has 0 spiro atoms. The standard InChI is InChI=1S/C12H23N3O/c1-14(2)12(16)15-9-4-3-7-11(15)10-6-5-8-13-10/h10-11,13H,3-9H2,1-2H3. The molecule has 2 saturated heterocycles. The zero-order valence-electron chi connectivity index (χ0n) is 10.4. The third-order valence-corrected chi connectivity index (χ3v) is 3.74. The third kappa shape index (κ3) is 2.32. The van der Waals surface area contributed by atoms with E-state index in [1.807, 2.05) is 14.1 Å². The Bertz CT molecular complexity index is 249. The first-order valence-electron chi connectivity index (χ1n) is 6.41. The maximum atomic E-state index is 12.1. The molecule has 2 aliphatic rings. The lowest BCUT2D eigenvalue weighted by molar-refractivity contribution is 0.114. The van der Waals surface area contributed by atoms with Crippen LogP contribution in [0.15, 0.2) is 0 Å². The first-order valence-corrected chi connectivity index (χ1v) is 6.41. The number of likely N-dealkylation sites (tertiary alicyclic amines) is 1. The van der Waals surface area contributed by atoms with E-state index >= 15 is 0 Å². The van der Waals surface area contributed by atoms with E-state index in [1.54, 1.807) is 4.90 Å². The Balaban J connectivity index is 2.04. The van der Waals surface area contributed by atoms with Gasteiger partial charge in [0.25, 0.3) is 0 Å². The van der Waals surface area contributed by atoms with E-state index in [0.717, 1.165) is 25.9 Å². The minimum atomic E-state index is 0.179. The summed E-state index contributed by atoms with van der Waals surface area (Å²) in [4.78, 5) is 15.9. The summed E-state index contributed by atoms with van der Waals surface area (Å²) in [5.41, 5.74) is 0. The number of carbonyl (C=O) groups is 1. The van der Waals surface area contributed by atoms with Gasteiger partial charge in [-0.1, -0.05) is 0 Å². The number of amides is 2. The number of nitrogens with one attached hydrogen (secondary N) is 1. The second-order valence-corrected chi connectivity index (χ2v) is 5.14. The van der Waals surface area contributed by atoms with Crippen LogP contribution in [-0.2, 0) is 0 Å². The van der Waals surface area contributed by atoms with Gasteiger partial charge in [-0.25, -0.2) is 4.79 Å². The fourth-order valence-electron chi connectivity index (χ4n) is 2.91. The summed E-state index contributed by atoms with van der Waals surface area (Å²) < 4.78 is 0. The van der Waals surface area contributed by atoms with Gasteiger partial charge in [0, 0.05) is 32.7 Å². The van der Waals surface area contributed by atoms with Crippen molar-refractivity contribution in [2.24, 2.45) is 0 Å². The first kappa shape index (κ1) is 11.7. The van der Waals surface area contributed by atoms with Crippen LogP contribution in [0.2, 0.25) is 0 Å². The fraction of sp³-hybridized carbons (Fsp3) is 0.917. The van der Waals surface area contributed by atoms with E-state index in [2.05, 4.69) is 10.2 Å². The maximum absolute atomic E-state index is 12.1. The third-order valence-electron chi connectivity index (χ3n) is 3.74. The van der Waals surface area contributed by atoms with Gasteiger partial charge >= 0.3 is 6.03 Å². The predicted octanol–water partition coefficient (Wildman–Crippen LogP) is 1.27. The van der Waals surface area contributed by atoms with Gasteiger partial charge in [0.05, 0.1) is 0 Å². The monoisotopic (exact) mass is 225 g/mol. The van der Waals surface area contributed by atoms with Gasteiger partial charge in [-0.3, -0.25) is 0 Å². The molecule has 0 bridgehead atoms. The summed E-state index contributed by atoms with van der Waals surface area (Å²) in [5, 5.41) is 3.54. The van der Waals surface area contributed by atoms with Gasteiger partial charge in [0.1, 0.15) is 0 Å². The highest BCUT2D eigenvalue weighted by atomic mass is 16.2. The Morgan fingerprint density at radius 1 is 1.25 bits per heavy atom. The quantitative estimate of drug-likeness (QED) is 0.729. The Morgan fingerprint density at radius 3 is 2.69 bits per heavy atom. The zero-order chi connectivity index (χ0) is 11.5. The minimum absolute atomic E-state index is 0.179. The summed E-state index contributed by atoms with van der Waals surface area (Å²) in [7, 11) is 3.69. The topological polar surface area (TPSA) is 35.6 Å². The highest BCUT2D eigenvalue weighted by Crippen LogP contribution is 2.24. The van der Waals surface area contributed by atoms with Crippen molar-refractivity contribution in [1.29, 1.82) is 0 Å². The van der Waals surface area contributed by atoms with E-state index in [0.29, 0.717) is 12.1 Å². The molecular weight excluding hydrogens is 202 g/mol. The van der Waals surface area contributed by atoms with E-state index in [1.165, 1.54) is 19.3 Å². The van der Waals surface area contributed by atoms with Crippen molar-refractivity contribution in [1.82, 2.24) is 15.1 Å². The van der Waals surface area contributed by atoms with Crippen molar-refractivity contribution in [3.8, 4) is 0 Å². The van der Waals surface area contributed by atoms with Crippen LogP contribution in [0.1, 0.15) is 32.1 Å². The van der Waals surface area contributed by atoms with E-state index in [9.17, 15) is 4.79 Å². The van der Waals surface area contributed by atoms with Gasteiger partial charge < -0.3 is 15.1 Å². The van der Waals surface area contributed by atoms with Crippen LogP contribution in [0.5, 0.6) is 0 Å². The molecule has 2 rings (SSSR count). The average Bonchev–Trinajstić information content (AvgIpc) is 2.81. The van der Waals surface area contributed by atoms with Crippen molar-refractivity contribution in [3.05, 3.63) is 0 Å². The van der Waals surface area contributed by atoms with Crippen molar-refractivity contribution in [2.45, 2.75) is 44.2 Å². The molecule has 92 valence electrons. The minimum Gasteiger partial charge on any atom is -0.331 e. The van der Waals surface area contributed by atoms with E-state index in [-0.39, 0.29) is 6.03 Å². The molecule has 2 unspecified atom stereocenters. The van der Waals surface area contributed by atoms with Gasteiger partial charge in [-0.05, 0) is 38.6 Å². The van der Waals surface area contributed by atoms with Crippen LogP contribution in [-0.4, -0.2) is 55.1 Å². The van der Waals surface area contributed by atoms with Crippen molar-refractivity contribution in [3.63, 3.8) is 0 Å². The molecule has 1 N–H and O–H groups in total. The number of carbonyl (C=O) groups excluding carboxylic acids is 1. The SMILES string of the molecule is CN(C)C(=O)N1CCCCC1C1CCCN1. The summed E-state index contributed by atoms with van der Waals surface area (Å²) in [6.07, 6.45) is 6.06. The molecule has 0 aromatic rings. The maximum Gasteiger partial charge on any atom is 0.319 e. The molecule has 4 nitrogen and oxygen atoms in total. The molecule has 16 heavy (non-hydrogen) atoms. The first-order chi connectivity index (χ1) is 7.70. The van der Waals surface area contributed by atoms with E-state index in [4.69, 9.17) is 0 Å². The average molecular weight is 225 g/mol. The van der Waals surface area contributed by atoms with Crippen LogP contribution in [0.4, 0.5) is 4.79 Å². The van der Waals surface area contributed by atoms with Crippen LogP contribution >= 0.6 is 0 Å². The molecule has 0 aromatic heterocycles. The zero-order valence-corrected chi connectivity index (χ0v) is 10.4. The Labute approximate surface area is 98.0 Å². The molecule has 2 atom stereocenters. The molecule has 2 fully saturated rings. The van der Waals surface area contributed by atoms with Crippen molar-refractivity contribution >= 4 is 6.03 Å². The second kappa shape index (κ2) is 5.04. The molecule has 2 heterocycles. The van der Waals surface area contributed by atoms with Crippen LogP contribution < -0.4 is 5.32 Å². The van der Waals surface area contributed by atoms with Crippen molar-refractivity contribution < 1.29 is 4.79 Å². The Hall–Kier alpha value is -0.770. The lowest BCUT2D eigenvalue weighted by Gasteiger charge is -2.40. The summed E-state index contributed by atoms with van der Waals surface area (Å²) in [6, 6.07) is 1.13. The van der Waals surface area contributed by atoms with Crippen LogP contribution in [0.3, 0.4) is 0 Å². The number of urea groups is 1. The smallest absolute Gasteiger partial charge is 0.319 e. The fourth-order valence-corrected chi connectivity index (χ4v) is 2.91. The van der Waals surface area contributed by atoms with Crippen LogP contribution in [0, 0.1) is 0 Å². The highest BCUT2D eigenvalue weighted by Gasteiger charge is 2.34. The number of nitrogens with zero attached hydrogens (tertiary/aromatic N) is 2. The summed E-state index contributed by atoms with van der Waals surface area (Å²) >= 11 is 0. The van der Waals surface area contributed by atoms with Gasteiger partial charge in [-0.15, -0.1) is 0 Å². The molecule has 0 saturated carbocycles. The predicted molar refractivity (Wildman–Crippen MR) is 64.5 cm³/mol. The van der Waals surface area contributed by atoms with Crippen LogP contribution in [0.25, 0.3) is 0 Å². The highest BCUT2D eigenvalue weighted by molar-refractivity contribution is 5.74. The van der Waals surface area contributed by atoms with Crippen molar-refractivity contribution in [2.75, 3.05) is 27.2 Å². The molecule has 4 heteroatoms. The molecular formula is C12H23N3O. The number of hydrogen-bond acceptors (Lipinski definition) is 2.